The number of carbonyl (C=O) groups excluding carboxylic acids is 2. The topological polar surface area (TPSA) is 213 Å². The minimum atomic E-state index is -4.02. The molecule has 0 aliphatic carbocycles. The monoisotopic (exact) mass is 764 g/mol. The first-order valence-corrected chi connectivity index (χ1v) is 20.2. The molecule has 6 N–H and O–H groups in total. The highest BCUT2D eigenvalue weighted by atomic mass is 33.1. The Kier molecular flexibility index (Phi) is 18.2. The number of hydrogen-bond donors (Lipinski definition) is 4. The van der Waals surface area contributed by atoms with Crippen LogP contribution in [0.25, 0.3) is 0 Å². The van der Waals surface area contributed by atoms with Gasteiger partial charge in [-0.15, -0.1) is 0 Å². The summed E-state index contributed by atoms with van der Waals surface area (Å²) in [6, 6.07) is 29.3. The number of esters is 2. The van der Waals surface area contributed by atoms with Crippen molar-refractivity contribution in [1.29, 1.82) is 0 Å². The molecular formula is C34H40N2O10S4. The minimum Gasteiger partial charge on any atom is -0.460 e. The van der Waals surface area contributed by atoms with Gasteiger partial charge >= 0.3 is 11.9 Å². The number of ether oxygens (including phenoxy) is 2. The summed E-state index contributed by atoms with van der Waals surface area (Å²) in [5.41, 5.74) is 15.4. The van der Waals surface area contributed by atoms with E-state index in [0.29, 0.717) is 11.5 Å². The average Bonchev–Trinajstić information content (AvgIpc) is 3.09. The fourth-order valence-electron chi connectivity index (χ4n) is 3.47. The Balaban J connectivity index is 0.000000320. The molecule has 0 radical (unpaired) electrons. The lowest BCUT2D eigenvalue weighted by Gasteiger charge is -2.13. The molecule has 0 spiro atoms. The molecule has 0 aliphatic rings. The summed E-state index contributed by atoms with van der Waals surface area (Å²) in [4.78, 5) is 23.7. The molecule has 2 unspecified atom stereocenters. The maximum absolute atomic E-state index is 11.9. The number of hydrogen-bond acceptors (Lipinski definition) is 12. The quantitative estimate of drug-likeness (QED) is 0.0611. The smallest absolute Gasteiger partial charge is 0.324 e. The lowest BCUT2D eigenvalue weighted by Crippen LogP contribution is -2.35. The fraction of sp³-hybridized carbons (Fsp3) is 0.235. The van der Waals surface area contributed by atoms with Crippen molar-refractivity contribution in [2.45, 2.75) is 48.9 Å². The molecule has 4 aromatic rings. The summed E-state index contributed by atoms with van der Waals surface area (Å²) in [5.74, 6) is -0.180. The van der Waals surface area contributed by atoms with Crippen LogP contribution in [-0.2, 0) is 52.5 Å². The van der Waals surface area contributed by atoms with E-state index >= 15 is 0 Å². The van der Waals surface area contributed by atoms with Crippen molar-refractivity contribution >= 4 is 53.8 Å². The van der Waals surface area contributed by atoms with Crippen LogP contribution in [0.5, 0.6) is 0 Å². The molecule has 0 amide bonds. The van der Waals surface area contributed by atoms with E-state index in [2.05, 4.69) is 0 Å². The van der Waals surface area contributed by atoms with Gasteiger partial charge in [-0.05, 0) is 49.2 Å². The molecule has 2 atom stereocenters. The molecule has 0 fully saturated rings. The molecule has 0 saturated heterocycles. The highest BCUT2D eigenvalue weighted by Crippen LogP contribution is 2.23. The molecule has 16 heteroatoms. The van der Waals surface area contributed by atoms with Gasteiger partial charge in [0.2, 0.25) is 0 Å². The molecule has 4 rings (SSSR count). The van der Waals surface area contributed by atoms with Crippen molar-refractivity contribution in [3.8, 4) is 0 Å². The number of nitrogens with two attached hydrogens (primary N) is 2. The van der Waals surface area contributed by atoms with Crippen molar-refractivity contribution < 1.29 is 45.0 Å². The van der Waals surface area contributed by atoms with E-state index in [9.17, 15) is 26.4 Å². The van der Waals surface area contributed by atoms with Gasteiger partial charge in [0.25, 0.3) is 20.2 Å². The number of carbonyl (C=O) groups is 2. The maximum atomic E-state index is 11.9. The Morgan fingerprint density at radius 1 is 0.580 bits per heavy atom. The van der Waals surface area contributed by atoms with E-state index < -0.39 is 44.3 Å². The van der Waals surface area contributed by atoms with Crippen molar-refractivity contribution in [1.82, 2.24) is 0 Å². The number of benzene rings is 4. The summed E-state index contributed by atoms with van der Waals surface area (Å²) in [6.07, 6.45) is 0. The average molecular weight is 765 g/mol. The SMILES string of the molecule is Cc1ccc(S(=O)(=O)O)cc1.Cc1ccc(S(=O)(=O)O)cc1.NC(CSSCC(N)C(=O)OCc1ccccc1)C(=O)OCc1ccccc1. The van der Waals surface area contributed by atoms with E-state index in [4.69, 9.17) is 30.0 Å². The van der Waals surface area contributed by atoms with Gasteiger partial charge in [-0.2, -0.15) is 16.8 Å². The van der Waals surface area contributed by atoms with Crippen LogP contribution in [-0.4, -0.2) is 61.5 Å². The van der Waals surface area contributed by atoms with Crippen LogP contribution >= 0.6 is 21.6 Å². The Morgan fingerprint density at radius 2 is 0.880 bits per heavy atom. The van der Waals surface area contributed by atoms with Gasteiger partial charge in [0.1, 0.15) is 25.3 Å². The second-order valence-corrected chi connectivity index (χ2v) is 15.9. The molecule has 0 saturated carbocycles. The van der Waals surface area contributed by atoms with Crippen molar-refractivity contribution in [2.24, 2.45) is 11.5 Å². The second-order valence-electron chi connectivity index (χ2n) is 10.5. The van der Waals surface area contributed by atoms with Gasteiger partial charge in [0.05, 0.1) is 9.79 Å². The number of aryl methyl sites for hydroxylation is 2. The van der Waals surface area contributed by atoms with Crippen LogP contribution in [0, 0.1) is 13.8 Å². The van der Waals surface area contributed by atoms with E-state index in [-0.39, 0.29) is 23.0 Å². The molecule has 4 aromatic carbocycles. The maximum Gasteiger partial charge on any atom is 0.324 e. The van der Waals surface area contributed by atoms with Crippen LogP contribution in [0.1, 0.15) is 22.3 Å². The fourth-order valence-corrected chi connectivity index (χ4v) is 6.65. The lowest BCUT2D eigenvalue weighted by molar-refractivity contribution is -0.146. The van der Waals surface area contributed by atoms with Crippen LogP contribution in [0.3, 0.4) is 0 Å². The molecule has 0 aliphatic heterocycles. The first kappa shape index (κ1) is 42.4. The van der Waals surface area contributed by atoms with Crippen LogP contribution in [0.15, 0.2) is 119 Å². The highest BCUT2D eigenvalue weighted by Gasteiger charge is 2.18. The molecule has 0 heterocycles. The predicted octanol–water partition coefficient (Wildman–Crippen LogP) is 4.99. The van der Waals surface area contributed by atoms with Crippen LogP contribution in [0.4, 0.5) is 0 Å². The first-order chi connectivity index (χ1) is 23.6. The van der Waals surface area contributed by atoms with Gasteiger partial charge in [-0.1, -0.05) is 118 Å². The minimum absolute atomic E-state index is 0.0666. The van der Waals surface area contributed by atoms with Crippen molar-refractivity contribution in [2.75, 3.05) is 11.5 Å². The van der Waals surface area contributed by atoms with E-state index in [0.717, 1.165) is 22.3 Å². The van der Waals surface area contributed by atoms with E-state index in [1.54, 1.807) is 24.3 Å². The third-order valence-corrected chi connectivity index (χ3v) is 10.5. The van der Waals surface area contributed by atoms with Crippen LogP contribution in [0.2, 0.25) is 0 Å². The van der Waals surface area contributed by atoms with Gasteiger partial charge < -0.3 is 20.9 Å². The molecule has 0 aromatic heterocycles. The molecule has 12 nitrogen and oxygen atoms in total. The standard InChI is InChI=1S/C20H24N2O4S2.2C7H8O3S/c21-17(19(23)25-11-15-7-3-1-4-8-15)13-27-28-14-18(22)20(24)26-12-16-9-5-2-6-10-16;2*1-6-2-4-7(5-3-6)11(8,9)10/h1-10,17-18H,11-14,21-22H2;2*2-5H,1H3,(H,8,9,10). The molecule has 0 bridgehead atoms. The van der Waals surface area contributed by atoms with E-state index in [1.807, 2.05) is 74.5 Å². The molecular weight excluding hydrogens is 725 g/mol. The van der Waals surface area contributed by atoms with Gasteiger partial charge in [-0.25, -0.2) is 0 Å². The highest BCUT2D eigenvalue weighted by molar-refractivity contribution is 8.76. The van der Waals surface area contributed by atoms with Gasteiger partial charge in [-0.3, -0.25) is 18.7 Å². The zero-order valence-electron chi connectivity index (χ0n) is 27.3. The Hall–Kier alpha value is -3.74. The molecule has 270 valence electrons. The van der Waals surface area contributed by atoms with Crippen molar-refractivity contribution in [3.05, 3.63) is 131 Å². The molecule has 50 heavy (non-hydrogen) atoms. The summed E-state index contributed by atoms with van der Waals surface area (Å²) in [7, 11) is -5.29. The Labute approximate surface area is 300 Å². The summed E-state index contributed by atoms with van der Waals surface area (Å²) >= 11 is 0. The van der Waals surface area contributed by atoms with Gasteiger partial charge in [0, 0.05) is 11.5 Å². The summed E-state index contributed by atoms with van der Waals surface area (Å²) in [5, 5.41) is 0. The van der Waals surface area contributed by atoms with E-state index in [1.165, 1.54) is 45.9 Å². The predicted molar refractivity (Wildman–Crippen MR) is 195 cm³/mol. The van der Waals surface area contributed by atoms with Gasteiger partial charge in [0.15, 0.2) is 0 Å². The normalized spacial score (nSPS) is 12.2. The second kappa shape index (κ2) is 21.5. The zero-order valence-corrected chi connectivity index (χ0v) is 30.6. The third-order valence-electron chi connectivity index (χ3n) is 6.27. The summed E-state index contributed by atoms with van der Waals surface area (Å²) < 4.78 is 69.5. The zero-order chi connectivity index (χ0) is 37.2. The van der Waals surface area contributed by atoms with Crippen molar-refractivity contribution in [3.63, 3.8) is 0 Å². The number of rotatable bonds is 13. The largest absolute Gasteiger partial charge is 0.460 e. The Bertz CT molecular complexity index is 1690. The Morgan fingerprint density at radius 3 is 1.16 bits per heavy atom. The third kappa shape index (κ3) is 17.3. The van der Waals surface area contributed by atoms with Crippen LogP contribution < -0.4 is 11.5 Å². The summed E-state index contributed by atoms with van der Waals surface area (Å²) in [6.45, 7) is 4.08. The first-order valence-electron chi connectivity index (χ1n) is 14.8. The lowest BCUT2D eigenvalue weighted by atomic mass is 10.2.